The van der Waals surface area contributed by atoms with E-state index >= 15 is 0 Å². The van der Waals surface area contributed by atoms with Crippen LogP contribution in [-0.2, 0) is 0 Å². The molecule has 0 saturated carbocycles. The van der Waals surface area contributed by atoms with Gasteiger partial charge in [-0.25, -0.2) is 0 Å². The normalized spacial score (nSPS) is 13.0. The van der Waals surface area contributed by atoms with Gasteiger partial charge in [0.15, 0.2) is 0 Å². The molecule has 0 spiro atoms. The summed E-state index contributed by atoms with van der Waals surface area (Å²) < 4.78 is 0. The van der Waals surface area contributed by atoms with Crippen molar-refractivity contribution in [1.29, 1.82) is 0 Å². The van der Waals surface area contributed by atoms with Crippen LogP contribution in [0.4, 0.5) is 0 Å². The summed E-state index contributed by atoms with van der Waals surface area (Å²) in [5.74, 6) is 5.04. The maximum absolute atomic E-state index is 5.04. The molecule has 0 amide bonds. The van der Waals surface area contributed by atoms with Crippen LogP contribution in [0.15, 0.2) is 24.4 Å². The lowest BCUT2D eigenvalue weighted by atomic mass is 9.90. The van der Waals surface area contributed by atoms with E-state index in [1.807, 2.05) is 12.2 Å². The van der Waals surface area contributed by atoms with Crippen LogP contribution in [0.3, 0.4) is 0 Å². The van der Waals surface area contributed by atoms with E-state index < -0.39 is 0 Å². The smallest absolute Gasteiger partial charge is 0.0122 e. The molecule has 0 aliphatic carbocycles. The van der Waals surface area contributed by atoms with E-state index in [1.54, 1.807) is 6.20 Å². The molecule has 0 rings (SSSR count). The predicted molar refractivity (Wildman–Crippen MR) is 54.3 cm³/mol. The minimum absolute atomic E-state index is 0.431. The van der Waals surface area contributed by atoms with Crippen LogP contribution >= 0.6 is 0 Å². The van der Waals surface area contributed by atoms with Crippen LogP contribution in [-0.4, -0.2) is 0 Å². The molecule has 3 N–H and O–H groups in total. The van der Waals surface area contributed by atoms with E-state index in [-0.39, 0.29) is 0 Å². The highest BCUT2D eigenvalue weighted by Gasteiger charge is 2.06. The van der Waals surface area contributed by atoms with Crippen LogP contribution in [0.5, 0.6) is 0 Å². The highest BCUT2D eigenvalue weighted by molar-refractivity contribution is 5.01. The third-order valence-corrected chi connectivity index (χ3v) is 1.50. The number of nitrogens with two attached hydrogens (primary N) is 1. The number of allylic oxidation sites excluding steroid dienone is 3. The van der Waals surface area contributed by atoms with Crippen LogP contribution < -0.4 is 11.3 Å². The summed E-state index contributed by atoms with van der Waals surface area (Å²) in [6, 6.07) is 0. The SMILES string of the molecule is CC(C)(C)CC/C=C\C=C/NN. The Kier molecular flexibility index (Phi) is 5.47. The number of hydrogen-bond donors (Lipinski definition) is 2. The topological polar surface area (TPSA) is 38.0 Å². The summed E-state index contributed by atoms with van der Waals surface area (Å²) in [6.07, 6.45) is 10.1. The fourth-order valence-electron chi connectivity index (χ4n) is 0.802. The van der Waals surface area contributed by atoms with Crippen LogP contribution in [0.25, 0.3) is 0 Å². The molecule has 0 aliphatic heterocycles. The van der Waals surface area contributed by atoms with Gasteiger partial charge in [-0.3, -0.25) is 5.84 Å². The molecule has 70 valence electrons. The first-order chi connectivity index (χ1) is 5.56. The molecule has 0 aromatic rings. The van der Waals surface area contributed by atoms with Gasteiger partial charge in [-0.05, 0) is 24.3 Å². The van der Waals surface area contributed by atoms with Crippen molar-refractivity contribution in [3.05, 3.63) is 24.4 Å². The fraction of sp³-hybridized carbons (Fsp3) is 0.600. The molecule has 0 saturated heterocycles. The quantitative estimate of drug-likeness (QED) is 0.384. The molecule has 0 fully saturated rings. The summed E-state index contributed by atoms with van der Waals surface area (Å²) in [4.78, 5) is 0. The molecule has 0 atom stereocenters. The number of nitrogens with one attached hydrogen (secondary N) is 1. The van der Waals surface area contributed by atoms with Crippen molar-refractivity contribution in [1.82, 2.24) is 5.43 Å². The van der Waals surface area contributed by atoms with Crippen molar-refractivity contribution < 1.29 is 0 Å². The molecule has 0 unspecified atom stereocenters. The van der Waals surface area contributed by atoms with Gasteiger partial charge in [0.25, 0.3) is 0 Å². The fourth-order valence-corrected chi connectivity index (χ4v) is 0.802. The van der Waals surface area contributed by atoms with Gasteiger partial charge in [0, 0.05) is 6.20 Å². The molecule has 2 heteroatoms. The second-order valence-electron chi connectivity index (χ2n) is 4.05. The van der Waals surface area contributed by atoms with E-state index in [1.165, 1.54) is 6.42 Å². The van der Waals surface area contributed by atoms with Crippen LogP contribution in [0, 0.1) is 5.41 Å². The summed E-state index contributed by atoms with van der Waals surface area (Å²) in [5.41, 5.74) is 2.87. The van der Waals surface area contributed by atoms with Crippen molar-refractivity contribution in [2.24, 2.45) is 11.3 Å². The van der Waals surface area contributed by atoms with Gasteiger partial charge in [0.05, 0.1) is 0 Å². The Labute approximate surface area is 75.5 Å². The van der Waals surface area contributed by atoms with Crippen molar-refractivity contribution in [3.63, 3.8) is 0 Å². The molecule has 0 aliphatic rings. The van der Waals surface area contributed by atoms with Crippen LogP contribution in [0.1, 0.15) is 33.6 Å². The lowest BCUT2D eigenvalue weighted by Gasteiger charge is -2.15. The standard InChI is InChI=1S/C10H20N2/c1-10(2,3)8-6-4-5-7-9-12-11/h4-5,7,9,12H,6,8,11H2,1-3H3/b5-4-,9-7-. The zero-order valence-corrected chi connectivity index (χ0v) is 8.30. The largest absolute Gasteiger partial charge is 0.331 e. The summed E-state index contributed by atoms with van der Waals surface area (Å²) in [5, 5.41) is 0. The molecule has 0 heterocycles. The van der Waals surface area contributed by atoms with Gasteiger partial charge in [-0.2, -0.15) is 0 Å². The van der Waals surface area contributed by atoms with Gasteiger partial charge in [-0.15, -0.1) is 0 Å². The third-order valence-electron chi connectivity index (χ3n) is 1.50. The Morgan fingerprint density at radius 1 is 1.25 bits per heavy atom. The third kappa shape index (κ3) is 9.24. The number of hydrogen-bond acceptors (Lipinski definition) is 2. The van der Waals surface area contributed by atoms with E-state index in [0.717, 1.165) is 6.42 Å². The van der Waals surface area contributed by atoms with E-state index in [9.17, 15) is 0 Å². The van der Waals surface area contributed by atoms with Crippen molar-refractivity contribution in [3.8, 4) is 0 Å². The van der Waals surface area contributed by atoms with E-state index in [0.29, 0.717) is 5.41 Å². The number of rotatable bonds is 4. The van der Waals surface area contributed by atoms with Crippen molar-refractivity contribution in [2.75, 3.05) is 0 Å². The van der Waals surface area contributed by atoms with Crippen molar-refractivity contribution >= 4 is 0 Å². The Hall–Kier alpha value is -0.760. The summed E-state index contributed by atoms with van der Waals surface area (Å²) >= 11 is 0. The maximum Gasteiger partial charge on any atom is 0.0122 e. The Bertz CT molecular complexity index is 152. The average molecular weight is 168 g/mol. The lowest BCUT2D eigenvalue weighted by molar-refractivity contribution is 0.381. The Balaban J connectivity index is 3.43. The summed E-state index contributed by atoms with van der Waals surface area (Å²) in [7, 11) is 0. The molecule has 0 aromatic heterocycles. The molecule has 12 heavy (non-hydrogen) atoms. The highest BCUT2D eigenvalue weighted by atomic mass is 15.2. The van der Waals surface area contributed by atoms with Crippen LogP contribution in [0.2, 0.25) is 0 Å². The predicted octanol–water partition coefficient (Wildman–Crippen LogP) is 2.35. The minimum atomic E-state index is 0.431. The van der Waals surface area contributed by atoms with Gasteiger partial charge in [0.2, 0.25) is 0 Å². The van der Waals surface area contributed by atoms with Gasteiger partial charge in [0.1, 0.15) is 0 Å². The lowest BCUT2D eigenvalue weighted by Crippen LogP contribution is -2.12. The molecule has 0 radical (unpaired) electrons. The Morgan fingerprint density at radius 2 is 1.92 bits per heavy atom. The minimum Gasteiger partial charge on any atom is -0.331 e. The molecule has 0 aromatic carbocycles. The maximum atomic E-state index is 5.04. The monoisotopic (exact) mass is 168 g/mol. The molecule has 0 bridgehead atoms. The average Bonchev–Trinajstić information content (AvgIpc) is 1.94. The molecular formula is C10H20N2. The highest BCUT2D eigenvalue weighted by Crippen LogP contribution is 2.20. The van der Waals surface area contributed by atoms with Crippen molar-refractivity contribution in [2.45, 2.75) is 33.6 Å². The van der Waals surface area contributed by atoms with Gasteiger partial charge < -0.3 is 5.43 Å². The number of hydrazine groups is 1. The van der Waals surface area contributed by atoms with Gasteiger partial charge in [-0.1, -0.05) is 32.9 Å². The first-order valence-electron chi connectivity index (χ1n) is 4.34. The first kappa shape index (κ1) is 11.2. The molecular weight excluding hydrogens is 148 g/mol. The zero-order valence-electron chi connectivity index (χ0n) is 8.30. The second-order valence-corrected chi connectivity index (χ2v) is 4.05. The van der Waals surface area contributed by atoms with Gasteiger partial charge >= 0.3 is 0 Å². The van der Waals surface area contributed by atoms with E-state index in [4.69, 9.17) is 5.84 Å². The van der Waals surface area contributed by atoms with E-state index in [2.05, 4.69) is 32.3 Å². The molecule has 2 nitrogen and oxygen atoms in total. The zero-order chi connectivity index (χ0) is 9.45. The first-order valence-corrected chi connectivity index (χ1v) is 4.34. The second kappa shape index (κ2) is 5.84. The summed E-state index contributed by atoms with van der Waals surface area (Å²) in [6.45, 7) is 6.74. The Morgan fingerprint density at radius 3 is 2.42 bits per heavy atom.